The molecule has 1 aromatic carbocycles. The van der Waals surface area contributed by atoms with Crippen molar-refractivity contribution in [1.29, 1.82) is 0 Å². The zero-order chi connectivity index (χ0) is 21.2. The van der Waals surface area contributed by atoms with Gasteiger partial charge in [-0.2, -0.15) is 0 Å². The number of aromatic nitrogens is 3. The Morgan fingerprint density at radius 1 is 1.31 bits per heavy atom. The minimum Gasteiger partial charge on any atom is -0.493 e. The first-order chi connectivity index (χ1) is 13.8. The standard InChI is InChI=1S/C18H21F2N5O4/c1-21-16(26)13-9-24(23-22-13)8-11-7-18(19,20)10-25(11)17(27)12-5-4-6-14(28-2)15(12)29-3/h4-6,9,11H,7-8,10H2,1-3H3,(H,21,26)/t11-/m0/s1. The number of alkyl halides is 2. The Morgan fingerprint density at radius 2 is 2.07 bits per heavy atom. The van der Waals surface area contributed by atoms with Crippen molar-refractivity contribution in [2.45, 2.75) is 24.9 Å². The van der Waals surface area contributed by atoms with Gasteiger partial charge in [-0.15, -0.1) is 5.10 Å². The van der Waals surface area contributed by atoms with Crippen LogP contribution in [0.3, 0.4) is 0 Å². The molecular formula is C18H21F2N5O4. The molecular weight excluding hydrogens is 388 g/mol. The van der Waals surface area contributed by atoms with E-state index in [2.05, 4.69) is 15.6 Å². The molecule has 2 amide bonds. The van der Waals surface area contributed by atoms with E-state index in [4.69, 9.17) is 9.47 Å². The number of carbonyl (C=O) groups excluding carboxylic acids is 2. The SMILES string of the molecule is CNC(=O)c1cn(C[C@@H]2CC(F)(F)CN2C(=O)c2cccc(OC)c2OC)nn1. The summed E-state index contributed by atoms with van der Waals surface area (Å²) in [5.74, 6) is -3.59. The molecule has 0 aliphatic carbocycles. The third kappa shape index (κ3) is 4.13. The number of hydrogen-bond acceptors (Lipinski definition) is 6. The summed E-state index contributed by atoms with van der Waals surface area (Å²) < 4.78 is 40.1. The molecule has 1 fully saturated rings. The number of methoxy groups -OCH3 is 2. The molecule has 0 spiro atoms. The monoisotopic (exact) mass is 409 g/mol. The molecule has 0 saturated carbocycles. The number of nitrogens with zero attached hydrogens (tertiary/aromatic N) is 4. The fourth-order valence-corrected chi connectivity index (χ4v) is 3.34. The first kappa shape index (κ1) is 20.5. The first-order valence-corrected chi connectivity index (χ1v) is 8.81. The van der Waals surface area contributed by atoms with Crippen LogP contribution >= 0.6 is 0 Å². The van der Waals surface area contributed by atoms with E-state index in [9.17, 15) is 18.4 Å². The topological polar surface area (TPSA) is 98.6 Å². The lowest BCUT2D eigenvalue weighted by molar-refractivity contribution is 0.0117. The van der Waals surface area contributed by atoms with Gasteiger partial charge in [-0.05, 0) is 12.1 Å². The quantitative estimate of drug-likeness (QED) is 0.770. The van der Waals surface area contributed by atoms with Crippen molar-refractivity contribution in [3.05, 3.63) is 35.7 Å². The fraction of sp³-hybridized carbons (Fsp3) is 0.444. The van der Waals surface area contributed by atoms with Crippen LogP contribution in [-0.4, -0.2) is 71.5 Å². The third-order valence-electron chi connectivity index (χ3n) is 4.67. The highest BCUT2D eigenvalue weighted by atomic mass is 19.3. The molecule has 9 nitrogen and oxygen atoms in total. The molecule has 1 N–H and O–H groups in total. The summed E-state index contributed by atoms with van der Waals surface area (Å²) in [5, 5.41) is 9.93. The largest absolute Gasteiger partial charge is 0.493 e. The zero-order valence-corrected chi connectivity index (χ0v) is 16.2. The normalized spacial score (nSPS) is 17.8. The van der Waals surface area contributed by atoms with E-state index >= 15 is 0 Å². The molecule has 29 heavy (non-hydrogen) atoms. The van der Waals surface area contributed by atoms with Crippen LogP contribution in [0.25, 0.3) is 0 Å². The van der Waals surface area contributed by atoms with Crippen molar-refractivity contribution in [1.82, 2.24) is 25.2 Å². The number of likely N-dealkylation sites (tertiary alicyclic amines) is 1. The van der Waals surface area contributed by atoms with Crippen LogP contribution in [0.15, 0.2) is 24.4 Å². The summed E-state index contributed by atoms with van der Waals surface area (Å²) in [6.45, 7) is -0.758. The van der Waals surface area contributed by atoms with Crippen LogP contribution in [0.1, 0.15) is 27.3 Å². The molecule has 0 unspecified atom stereocenters. The van der Waals surface area contributed by atoms with Gasteiger partial charge in [0.05, 0.1) is 45.1 Å². The van der Waals surface area contributed by atoms with Crippen LogP contribution in [0.2, 0.25) is 0 Å². The minimum atomic E-state index is -3.05. The smallest absolute Gasteiger partial charge is 0.273 e. The number of rotatable bonds is 6. The number of amides is 2. The molecule has 1 aliphatic rings. The van der Waals surface area contributed by atoms with Crippen LogP contribution in [0, 0.1) is 0 Å². The Morgan fingerprint density at radius 3 is 2.72 bits per heavy atom. The second kappa shape index (κ2) is 8.02. The summed E-state index contributed by atoms with van der Waals surface area (Å²) in [7, 11) is 4.24. The molecule has 11 heteroatoms. The van der Waals surface area contributed by atoms with Crippen molar-refractivity contribution in [3.63, 3.8) is 0 Å². The maximum atomic E-state index is 14.2. The lowest BCUT2D eigenvalue weighted by Gasteiger charge is -2.25. The van der Waals surface area contributed by atoms with E-state index in [0.29, 0.717) is 5.75 Å². The zero-order valence-electron chi connectivity index (χ0n) is 16.2. The predicted molar refractivity (Wildman–Crippen MR) is 97.3 cm³/mol. The van der Waals surface area contributed by atoms with Crippen LogP contribution in [0.4, 0.5) is 8.78 Å². The van der Waals surface area contributed by atoms with Crippen LogP contribution in [0.5, 0.6) is 11.5 Å². The summed E-state index contributed by atoms with van der Waals surface area (Å²) in [6.07, 6.45) is 0.824. The summed E-state index contributed by atoms with van der Waals surface area (Å²) in [4.78, 5) is 25.8. The lowest BCUT2D eigenvalue weighted by Crippen LogP contribution is -2.39. The summed E-state index contributed by atoms with van der Waals surface area (Å²) in [6, 6.07) is 3.86. The lowest BCUT2D eigenvalue weighted by atomic mass is 10.1. The number of nitrogens with one attached hydrogen (secondary N) is 1. The van der Waals surface area contributed by atoms with Crippen molar-refractivity contribution in [2.75, 3.05) is 27.8 Å². The summed E-state index contributed by atoms with van der Waals surface area (Å²) >= 11 is 0. The number of benzene rings is 1. The number of carbonyl (C=O) groups is 2. The van der Waals surface area contributed by atoms with Crippen LogP contribution in [-0.2, 0) is 6.54 Å². The molecule has 1 saturated heterocycles. The van der Waals surface area contributed by atoms with E-state index in [1.807, 2.05) is 0 Å². The van der Waals surface area contributed by atoms with Crippen molar-refractivity contribution in [2.24, 2.45) is 0 Å². The van der Waals surface area contributed by atoms with Gasteiger partial charge in [-0.1, -0.05) is 11.3 Å². The molecule has 2 heterocycles. The van der Waals surface area contributed by atoms with Gasteiger partial charge in [-0.25, -0.2) is 13.5 Å². The van der Waals surface area contributed by atoms with Gasteiger partial charge in [0.1, 0.15) is 0 Å². The molecule has 2 aromatic rings. The van der Waals surface area contributed by atoms with Gasteiger partial charge < -0.3 is 19.7 Å². The van der Waals surface area contributed by atoms with Crippen molar-refractivity contribution < 1.29 is 27.8 Å². The van der Waals surface area contributed by atoms with Crippen molar-refractivity contribution >= 4 is 11.8 Å². The molecule has 0 radical (unpaired) electrons. The first-order valence-electron chi connectivity index (χ1n) is 8.81. The van der Waals surface area contributed by atoms with E-state index < -0.39 is 36.7 Å². The molecule has 1 atom stereocenters. The number of para-hydroxylation sites is 1. The van der Waals surface area contributed by atoms with Gasteiger partial charge in [0, 0.05) is 13.5 Å². The van der Waals surface area contributed by atoms with Gasteiger partial charge in [0.2, 0.25) is 0 Å². The van der Waals surface area contributed by atoms with E-state index in [1.165, 1.54) is 38.2 Å². The van der Waals surface area contributed by atoms with E-state index in [0.717, 1.165) is 4.90 Å². The van der Waals surface area contributed by atoms with Gasteiger partial charge in [0.15, 0.2) is 17.2 Å². The highest BCUT2D eigenvalue weighted by Crippen LogP contribution is 2.37. The number of ether oxygens (including phenoxy) is 2. The number of hydrogen-bond donors (Lipinski definition) is 1. The van der Waals surface area contributed by atoms with Gasteiger partial charge >= 0.3 is 0 Å². The van der Waals surface area contributed by atoms with Crippen LogP contribution < -0.4 is 14.8 Å². The van der Waals surface area contributed by atoms with Gasteiger partial charge in [-0.3, -0.25) is 9.59 Å². The van der Waals surface area contributed by atoms with Gasteiger partial charge in [0.25, 0.3) is 17.7 Å². The Hall–Kier alpha value is -3.24. The fourth-order valence-electron chi connectivity index (χ4n) is 3.34. The maximum absolute atomic E-state index is 14.2. The molecule has 0 bridgehead atoms. The second-order valence-electron chi connectivity index (χ2n) is 6.59. The molecule has 3 rings (SSSR count). The minimum absolute atomic E-state index is 0.0302. The maximum Gasteiger partial charge on any atom is 0.273 e. The van der Waals surface area contributed by atoms with Crippen molar-refractivity contribution in [3.8, 4) is 11.5 Å². The average Bonchev–Trinajstić information content (AvgIpc) is 3.29. The number of halogens is 2. The molecule has 156 valence electrons. The Kier molecular flexibility index (Phi) is 5.66. The summed E-state index contributed by atoms with van der Waals surface area (Å²) in [5.41, 5.74) is 0.184. The highest BCUT2D eigenvalue weighted by Gasteiger charge is 2.47. The average molecular weight is 409 g/mol. The molecule has 1 aromatic heterocycles. The predicted octanol–water partition coefficient (Wildman–Crippen LogP) is 1.20. The highest BCUT2D eigenvalue weighted by molar-refractivity contribution is 5.98. The third-order valence-corrected chi connectivity index (χ3v) is 4.67. The second-order valence-corrected chi connectivity index (χ2v) is 6.59. The Balaban J connectivity index is 1.88. The van der Waals surface area contributed by atoms with E-state index in [1.54, 1.807) is 12.1 Å². The Bertz CT molecular complexity index is 917. The Labute approximate surface area is 165 Å². The molecule has 1 aliphatic heterocycles. The van der Waals surface area contributed by atoms with E-state index in [-0.39, 0.29) is 23.6 Å².